The third-order valence-corrected chi connectivity index (χ3v) is 2.72. The number of carbonyl (C=O) groups excluding carboxylic acids is 1. The van der Waals surface area contributed by atoms with Crippen molar-refractivity contribution in [3.63, 3.8) is 0 Å². The largest absolute Gasteiger partial charge is 0.480 e. The molecule has 1 aromatic rings. The van der Waals surface area contributed by atoms with Crippen LogP contribution in [0.3, 0.4) is 0 Å². The lowest BCUT2D eigenvalue weighted by Crippen LogP contribution is -2.45. The van der Waals surface area contributed by atoms with Crippen LogP contribution in [0.15, 0.2) is 24.5 Å². The van der Waals surface area contributed by atoms with E-state index in [1.54, 1.807) is 18.5 Å². The van der Waals surface area contributed by atoms with Crippen molar-refractivity contribution in [1.82, 2.24) is 15.2 Å². The standard InChI is InChI=1S/C14H21N3O3/c1-10(2)8-17(9-13(18)19)14(20)16-11(3)12-5-4-6-15-7-12/h4-7,10-11H,8-9H2,1-3H3,(H,16,20)(H,18,19). The van der Waals surface area contributed by atoms with Crippen LogP contribution in [0.2, 0.25) is 0 Å². The molecule has 0 spiro atoms. The summed E-state index contributed by atoms with van der Waals surface area (Å²) in [5.74, 6) is -0.816. The van der Waals surface area contributed by atoms with E-state index in [-0.39, 0.29) is 24.5 Å². The number of carboxylic acid groups (broad SMARTS) is 1. The lowest BCUT2D eigenvalue weighted by molar-refractivity contribution is -0.137. The van der Waals surface area contributed by atoms with Gasteiger partial charge in [0.25, 0.3) is 0 Å². The number of pyridine rings is 1. The highest BCUT2D eigenvalue weighted by atomic mass is 16.4. The van der Waals surface area contributed by atoms with Gasteiger partial charge in [0, 0.05) is 18.9 Å². The number of carbonyl (C=O) groups is 2. The molecule has 0 radical (unpaired) electrons. The van der Waals surface area contributed by atoms with Gasteiger partial charge in [0.1, 0.15) is 6.54 Å². The predicted molar refractivity (Wildman–Crippen MR) is 75.2 cm³/mol. The molecule has 2 N–H and O–H groups in total. The Morgan fingerprint density at radius 1 is 1.40 bits per heavy atom. The zero-order valence-electron chi connectivity index (χ0n) is 12.0. The average Bonchev–Trinajstić information content (AvgIpc) is 2.37. The first-order valence-corrected chi connectivity index (χ1v) is 6.57. The summed E-state index contributed by atoms with van der Waals surface area (Å²) in [7, 11) is 0. The summed E-state index contributed by atoms with van der Waals surface area (Å²) >= 11 is 0. The summed E-state index contributed by atoms with van der Waals surface area (Å²) in [6.45, 7) is 5.81. The fourth-order valence-electron chi connectivity index (χ4n) is 1.82. The van der Waals surface area contributed by atoms with Crippen molar-refractivity contribution in [2.75, 3.05) is 13.1 Å². The second kappa shape index (κ2) is 7.47. The maximum Gasteiger partial charge on any atom is 0.323 e. The number of nitrogens with zero attached hydrogens (tertiary/aromatic N) is 2. The van der Waals surface area contributed by atoms with Crippen LogP contribution in [0.1, 0.15) is 32.4 Å². The van der Waals surface area contributed by atoms with Crippen LogP contribution in [0.25, 0.3) is 0 Å². The van der Waals surface area contributed by atoms with Crippen molar-refractivity contribution in [3.8, 4) is 0 Å². The number of aliphatic carboxylic acids is 1. The molecule has 1 atom stereocenters. The highest BCUT2D eigenvalue weighted by molar-refractivity contribution is 5.80. The van der Waals surface area contributed by atoms with Gasteiger partial charge in [-0.25, -0.2) is 4.79 Å². The van der Waals surface area contributed by atoms with E-state index in [2.05, 4.69) is 10.3 Å². The van der Waals surface area contributed by atoms with E-state index in [0.29, 0.717) is 6.54 Å². The quantitative estimate of drug-likeness (QED) is 0.833. The molecule has 0 aliphatic carbocycles. The number of urea groups is 1. The first kappa shape index (κ1) is 15.9. The van der Waals surface area contributed by atoms with Gasteiger partial charge in [-0.05, 0) is 24.5 Å². The maximum absolute atomic E-state index is 12.1. The Kier molecular flexibility index (Phi) is 5.96. The van der Waals surface area contributed by atoms with E-state index in [1.807, 2.05) is 26.8 Å². The predicted octanol–water partition coefficient (Wildman–Crippen LogP) is 1.89. The van der Waals surface area contributed by atoms with Crippen molar-refractivity contribution in [1.29, 1.82) is 0 Å². The Labute approximate surface area is 118 Å². The average molecular weight is 279 g/mol. The zero-order valence-corrected chi connectivity index (χ0v) is 12.0. The number of hydrogen-bond donors (Lipinski definition) is 2. The molecule has 20 heavy (non-hydrogen) atoms. The second-order valence-electron chi connectivity index (χ2n) is 5.13. The fraction of sp³-hybridized carbons (Fsp3) is 0.500. The first-order valence-electron chi connectivity index (χ1n) is 6.57. The van der Waals surface area contributed by atoms with E-state index in [1.165, 1.54) is 4.90 Å². The monoisotopic (exact) mass is 279 g/mol. The van der Waals surface area contributed by atoms with Gasteiger partial charge < -0.3 is 15.3 Å². The molecule has 0 aromatic carbocycles. The zero-order chi connectivity index (χ0) is 15.1. The summed E-state index contributed by atoms with van der Waals surface area (Å²) in [6, 6.07) is 3.06. The van der Waals surface area contributed by atoms with Crippen LogP contribution in [0.5, 0.6) is 0 Å². The Morgan fingerprint density at radius 3 is 2.60 bits per heavy atom. The number of nitrogens with one attached hydrogen (secondary N) is 1. The molecule has 1 aromatic heterocycles. The van der Waals surface area contributed by atoms with Gasteiger partial charge in [-0.2, -0.15) is 0 Å². The van der Waals surface area contributed by atoms with Crippen LogP contribution in [0, 0.1) is 5.92 Å². The van der Waals surface area contributed by atoms with E-state index < -0.39 is 5.97 Å². The van der Waals surface area contributed by atoms with E-state index in [0.717, 1.165) is 5.56 Å². The van der Waals surface area contributed by atoms with Crippen LogP contribution >= 0.6 is 0 Å². The summed E-state index contributed by atoms with van der Waals surface area (Å²) in [5.41, 5.74) is 0.876. The van der Waals surface area contributed by atoms with Gasteiger partial charge in [-0.3, -0.25) is 9.78 Å². The van der Waals surface area contributed by atoms with Crippen LogP contribution < -0.4 is 5.32 Å². The smallest absolute Gasteiger partial charge is 0.323 e. The Bertz CT molecular complexity index is 448. The summed E-state index contributed by atoms with van der Waals surface area (Å²) in [4.78, 5) is 28.2. The van der Waals surface area contributed by atoms with Gasteiger partial charge in [0.05, 0.1) is 6.04 Å². The molecule has 0 fully saturated rings. The minimum absolute atomic E-state index is 0.203. The second-order valence-corrected chi connectivity index (χ2v) is 5.13. The molecule has 0 bridgehead atoms. The topological polar surface area (TPSA) is 82.5 Å². The lowest BCUT2D eigenvalue weighted by Gasteiger charge is -2.25. The molecule has 0 aliphatic rings. The molecule has 0 saturated heterocycles. The van der Waals surface area contributed by atoms with Crippen molar-refractivity contribution in [2.24, 2.45) is 5.92 Å². The number of rotatable bonds is 6. The lowest BCUT2D eigenvalue weighted by atomic mass is 10.1. The number of carboxylic acids is 1. The van der Waals surface area contributed by atoms with E-state index in [4.69, 9.17) is 5.11 Å². The Hall–Kier alpha value is -2.11. The maximum atomic E-state index is 12.1. The minimum atomic E-state index is -1.02. The molecule has 0 saturated carbocycles. The molecule has 110 valence electrons. The van der Waals surface area contributed by atoms with Gasteiger partial charge >= 0.3 is 12.0 Å². The minimum Gasteiger partial charge on any atom is -0.480 e. The molecule has 1 unspecified atom stereocenters. The molecule has 0 aliphatic heterocycles. The van der Waals surface area contributed by atoms with Gasteiger partial charge in [0.2, 0.25) is 0 Å². The van der Waals surface area contributed by atoms with Crippen LogP contribution in [-0.4, -0.2) is 40.1 Å². The number of aromatic nitrogens is 1. The Balaban J connectivity index is 2.67. The SMILES string of the molecule is CC(C)CN(CC(=O)O)C(=O)NC(C)c1cccnc1. The molecular formula is C14H21N3O3. The summed E-state index contributed by atoms with van der Waals surface area (Å²) in [6.07, 6.45) is 3.34. The van der Waals surface area contributed by atoms with Crippen molar-refractivity contribution in [2.45, 2.75) is 26.8 Å². The molecule has 6 nitrogen and oxygen atoms in total. The van der Waals surface area contributed by atoms with Gasteiger partial charge in [-0.15, -0.1) is 0 Å². The van der Waals surface area contributed by atoms with Crippen molar-refractivity contribution in [3.05, 3.63) is 30.1 Å². The molecule has 1 rings (SSSR count). The van der Waals surface area contributed by atoms with Crippen molar-refractivity contribution < 1.29 is 14.7 Å². The highest BCUT2D eigenvalue weighted by Gasteiger charge is 2.19. The highest BCUT2D eigenvalue weighted by Crippen LogP contribution is 2.11. The van der Waals surface area contributed by atoms with E-state index >= 15 is 0 Å². The number of hydrogen-bond acceptors (Lipinski definition) is 3. The fourth-order valence-corrected chi connectivity index (χ4v) is 1.82. The van der Waals surface area contributed by atoms with Gasteiger partial charge in [0.15, 0.2) is 0 Å². The summed E-state index contributed by atoms with van der Waals surface area (Å²) in [5, 5.41) is 11.7. The van der Waals surface area contributed by atoms with Crippen molar-refractivity contribution >= 4 is 12.0 Å². The molecule has 2 amide bonds. The third-order valence-electron chi connectivity index (χ3n) is 2.72. The number of amides is 2. The molecule has 1 heterocycles. The van der Waals surface area contributed by atoms with Crippen LogP contribution in [0.4, 0.5) is 4.79 Å². The first-order chi connectivity index (χ1) is 9.40. The van der Waals surface area contributed by atoms with Gasteiger partial charge in [-0.1, -0.05) is 19.9 Å². The summed E-state index contributed by atoms with van der Waals surface area (Å²) < 4.78 is 0. The van der Waals surface area contributed by atoms with Crippen LogP contribution in [-0.2, 0) is 4.79 Å². The molecular weight excluding hydrogens is 258 g/mol. The Morgan fingerprint density at radius 2 is 2.10 bits per heavy atom. The molecule has 6 heteroatoms. The normalized spacial score (nSPS) is 12.0. The third kappa shape index (κ3) is 5.26. The van der Waals surface area contributed by atoms with E-state index in [9.17, 15) is 9.59 Å².